The number of rotatable bonds is 4. The average Bonchev–Trinajstić information content (AvgIpc) is 2.90. The third-order valence-corrected chi connectivity index (χ3v) is 4.48. The molecule has 0 aliphatic carbocycles. The largest absolute Gasteiger partial charge is 0.330 e. The zero-order valence-corrected chi connectivity index (χ0v) is 13.9. The number of pyridine rings is 1. The molecule has 2 heterocycles. The highest BCUT2D eigenvalue weighted by Gasteiger charge is 2.32. The summed E-state index contributed by atoms with van der Waals surface area (Å²) in [6, 6.07) is 12.9. The van der Waals surface area contributed by atoms with E-state index < -0.39 is 0 Å². The van der Waals surface area contributed by atoms with E-state index in [2.05, 4.69) is 53.2 Å². The Kier molecular flexibility index (Phi) is 5.57. The molecule has 0 bridgehead atoms. The van der Waals surface area contributed by atoms with Crippen LogP contribution in [0.4, 0.5) is 0 Å². The van der Waals surface area contributed by atoms with Gasteiger partial charge in [-0.15, -0.1) is 12.4 Å². The minimum Gasteiger partial charge on any atom is -0.330 e. The fourth-order valence-corrected chi connectivity index (χ4v) is 3.08. The molecule has 1 atom stereocenters. The lowest BCUT2D eigenvalue weighted by Crippen LogP contribution is -2.31. The highest BCUT2D eigenvalue weighted by atomic mass is 35.5. The molecule has 0 amide bonds. The van der Waals surface area contributed by atoms with Crippen LogP contribution in [-0.4, -0.2) is 29.5 Å². The maximum absolute atomic E-state index is 5.89. The van der Waals surface area contributed by atoms with Crippen molar-refractivity contribution < 1.29 is 0 Å². The van der Waals surface area contributed by atoms with Crippen molar-refractivity contribution in [3.8, 4) is 11.1 Å². The Bertz CT molecular complexity index is 602. The first-order chi connectivity index (χ1) is 10.2. The lowest BCUT2D eigenvalue weighted by molar-refractivity contribution is 0.274. The first kappa shape index (κ1) is 16.9. The monoisotopic (exact) mass is 317 g/mol. The summed E-state index contributed by atoms with van der Waals surface area (Å²) in [6.07, 6.45) is 4.89. The molecule has 1 aromatic carbocycles. The van der Waals surface area contributed by atoms with E-state index in [4.69, 9.17) is 5.73 Å². The summed E-state index contributed by atoms with van der Waals surface area (Å²) < 4.78 is 0. The number of aromatic nitrogens is 1. The van der Waals surface area contributed by atoms with E-state index in [1.807, 2.05) is 12.4 Å². The first-order valence-corrected chi connectivity index (χ1v) is 7.60. The van der Waals surface area contributed by atoms with Gasteiger partial charge in [0.2, 0.25) is 0 Å². The molecule has 0 saturated carbocycles. The Morgan fingerprint density at radius 3 is 2.64 bits per heavy atom. The van der Waals surface area contributed by atoms with Crippen molar-refractivity contribution in [1.82, 2.24) is 9.88 Å². The molecule has 0 spiro atoms. The molecule has 0 radical (unpaired) electrons. The van der Waals surface area contributed by atoms with Crippen molar-refractivity contribution in [2.75, 3.05) is 19.6 Å². The van der Waals surface area contributed by atoms with Crippen molar-refractivity contribution in [3.63, 3.8) is 0 Å². The molecule has 4 heteroatoms. The Balaban J connectivity index is 0.00000176. The number of hydrogen-bond acceptors (Lipinski definition) is 3. The normalized spacial score (nSPS) is 21.5. The molecule has 22 heavy (non-hydrogen) atoms. The zero-order chi connectivity index (χ0) is 14.7. The molecule has 1 saturated heterocycles. The van der Waals surface area contributed by atoms with Crippen LogP contribution in [0.25, 0.3) is 11.1 Å². The van der Waals surface area contributed by atoms with E-state index in [1.165, 1.54) is 23.1 Å². The van der Waals surface area contributed by atoms with Gasteiger partial charge >= 0.3 is 0 Å². The van der Waals surface area contributed by atoms with Crippen molar-refractivity contribution >= 4 is 12.4 Å². The van der Waals surface area contributed by atoms with Crippen LogP contribution in [-0.2, 0) is 6.54 Å². The van der Waals surface area contributed by atoms with Gasteiger partial charge in [0.1, 0.15) is 0 Å². The van der Waals surface area contributed by atoms with Gasteiger partial charge < -0.3 is 5.73 Å². The number of benzene rings is 1. The summed E-state index contributed by atoms with van der Waals surface area (Å²) in [5.41, 5.74) is 10.0. The van der Waals surface area contributed by atoms with Gasteiger partial charge in [-0.25, -0.2) is 0 Å². The molecular formula is C18H24ClN3. The van der Waals surface area contributed by atoms with Crippen LogP contribution in [0.3, 0.4) is 0 Å². The average molecular weight is 318 g/mol. The van der Waals surface area contributed by atoms with Crippen molar-refractivity contribution in [1.29, 1.82) is 0 Å². The topological polar surface area (TPSA) is 42.1 Å². The lowest BCUT2D eigenvalue weighted by Gasteiger charge is -2.22. The predicted molar refractivity (Wildman–Crippen MR) is 94.0 cm³/mol. The molecule has 1 aliphatic rings. The van der Waals surface area contributed by atoms with Crippen molar-refractivity contribution in [2.24, 2.45) is 11.1 Å². The second-order valence-corrected chi connectivity index (χ2v) is 6.41. The van der Waals surface area contributed by atoms with Gasteiger partial charge in [0.25, 0.3) is 0 Å². The lowest BCUT2D eigenvalue weighted by atomic mass is 9.90. The van der Waals surface area contributed by atoms with Gasteiger partial charge in [-0.3, -0.25) is 9.88 Å². The Hall–Kier alpha value is -1.42. The van der Waals surface area contributed by atoms with E-state index >= 15 is 0 Å². The smallest absolute Gasteiger partial charge is 0.0273 e. The molecule has 1 aliphatic heterocycles. The number of halogens is 1. The third kappa shape index (κ3) is 3.86. The zero-order valence-electron chi connectivity index (χ0n) is 13.0. The van der Waals surface area contributed by atoms with E-state index in [9.17, 15) is 0 Å². The fourth-order valence-electron chi connectivity index (χ4n) is 3.08. The minimum atomic E-state index is 0. The van der Waals surface area contributed by atoms with Gasteiger partial charge in [0.05, 0.1) is 0 Å². The van der Waals surface area contributed by atoms with Crippen LogP contribution >= 0.6 is 12.4 Å². The van der Waals surface area contributed by atoms with Crippen molar-refractivity contribution in [2.45, 2.75) is 19.9 Å². The van der Waals surface area contributed by atoms with Gasteiger partial charge in [-0.05, 0) is 59.8 Å². The number of hydrogen-bond donors (Lipinski definition) is 1. The van der Waals surface area contributed by atoms with E-state index in [-0.39, 0.29) is 12.4 Å². The van der Waals surface area contributed by atoms with Crippen LogP contribution in [0, 0.1) is 5.41 Å². The Morgan fingerprint density at radius 1 is 1.18 bits per heavy atom. The summed E-state index contributed by atoms with van der Waals surface area (Å²) in [6.45, 7) is 6.33. The molecule has 1 fully saturated rings. The fraction of sp³-hybridized carbons (Fsp3) is 0.389. The van der Waals surface area contributed by atoms with Crippen LogP contribution in [0.15, 0.2) is 48.8 Å². The van der Waals surface area contributed by atoms with E-state index in [0.29, 0.717) is 5.41 Å². The maximum atomic E-state index is 5.89. The van der Waals surface area contributed by atoms with Gasteiger partial charge in [0, 0.05) is 25.5 Å². The molecule has 3 rings (SSSR count). The summed E-state index contributed by atoms with van der Waals surface area (Å²) in [4.78, 5) is 6.59. The van der Waals surface area contributed by atoms with Gasteiger partial charge in [-0.2, -0.15) is 0 Å². The number of nitrogens with two attached hydrogens (primary N) is 1. The minimum absolute atomic E-state index is 0. The maximum Gasteiger partial charge on any atom is 0.0273 e. The summed E-state index contributed by atoms with van der Waals surface area (Å²) in [5.74, 6) is 0. The van der Waals surface area contributed by atoms with Crippen LogP contribution in [0.2, 0.25) is 0 Å². The van der Waals surface area contributed by atoms with Crippen LogP contribution < -0.4 is 5.73 Å². The Labute approximate surface area is 139 Å². The quantitative estimate of drug-likeness (QED) is 0.940. The predicted octanol–water partition coefficient (Wildman–Crippen LogP) is 3.34. The van der Waals surface area contributed by atoms with Crippen molar-refractivity contribution in [3.05, 3.63) is 54.4 Å². The van der Waals surface area contributed by atoms with Gasteiger partial charge in [0.15, 0.2) is 0 Å². The SMILES string of the molecule is CC1(CN)CCN(Cc2cccc(-c3ccncc3)c2)C1.Cl. The highest BCUT2D eigenvalue weighted by molar-refractivity contribution is 5.85. The molecule has 1 aromatic heterocycles. The second kappa shape index (κ2) is 7.23. The van der Waals surface area contributed by atoms with E-state index in [1.54, 1.807) is 0 Å². The van der Waals surface area contributed by atoms with Crippen LogP contribution in [0.5, 0.6) is 0 Å². The summed E-state index contributed by atoms with van der Waals surface area (Å²) in [7, 11) is 0. The number of nitrogens with zero attached hydrogens (tertiary/aromatic N) is 2. The molecule has 3 nitrogen and oxygen atoms in total. The highest BCUT2D eigenvalue weighted by Crippen LogP contribution is 2.30. The van der Waals surface area contributed by atoms with Gasteiger partial charge in [-0.1, -0.05) is 25.1 Å². The van der Waals surface area contributed by atoms with Crippen LogP contribution in [0.1, 0.15) is 18.9 Å². The Morgan fingerprint density at radius 2 is 1.95 bits per heavy atom. The molecule has 2 aromatic rings. The molecular weight excluding hydrogens is 294 g/mol. The number of likely N-dealkylation sites (tertiary alicyclic amines) is 1. The summed E-state index contributed by atoms with van der Waals surface area (Å²) in [5, 5.41) is 0. The first-order valence-electron chi connectivity index (χ1n) is 7.60. The molecule has 1 unspecified atom stereocenters. The van der Waals surface area contributed by atoms with E-state index in [0.717, 1.165) is 26.2 Å². The standard InChI is InChI=1S/C18H23N3.ClH/c1-18(13-19)7-10-21(14-18)12-15-3-2-4-17(11-15)16-5-8-20-9-6-16;/h2-6,8-9,11H,7,10,12-14,19H2,1H3;1H. The molecule has 2 N–H and O–H groups in total. The molecule has 118 valence electrons. The third-order valence-electron chi connectivity index (χ3n) is 4.48. The summed E-state index contributed by atoms with van der Waals surface area (Å²) >= 11 is 0. The second-order valence-electron chi connectivity index (χ2n) is 6.41.